The van der Waals surface area contributed by atoms with Crippen molar-refractivity contribution in [2.24, 2.45) is 5.92 Å². The van der Waals surface area contributed by atoms with E-state index in [9.17, 15) is 18.4 Å². The molecule has 2 atom stereocenters. The molecule has 0 aliphatic heterocycles. The second-order valence-corrected chi connectivity index (χ2v) is 5.31. The van der Waals surface area contributed by atoms with Gasteiger partial charge in [-0.15, -0.1) is 0 Å². The van der Waals surface area contributed by atoms with Crippen LogP contribution >= 0.6 is 0 Å². The van der Waals surface area contributed by atoms with Gasteiger partial charge in [0.2, 0.25) is 5.56 Å². The summed E-state index contributed by atoms with van der Waals surface area (Å²) in [6.07, 6.45) is 0. The summed E-state index contributed by atoms with van der Waals surface area (Å²) >= 11 is 0. The summed E-state index contributed by atoms with van der Waals surface area (Å²) in [5.41, 5.74) is 0.221. The molecule has 1 aliphatic carbocycles. The van der Waals surface area contributed by atoms with E-state index < -0.39 is 29.2 Å². The van der Waals surface area contributed by atoms with E-state index in [1.54, 1.807) is 30.3 Å². The Morgan fingerprint density at radius 2 is 1.86 bits per heavy atom. The fraction of sp³-hybridized carbons (Fsp3) is 0.250. The summed E-state index contributed by atoms with van der Waals surface area (Å²) in [5, 5.41) is 2.45. The van der Waals surface area contributed by atoms with Crippen molar-refractivity contribution in [3.8, 4) is 0 Å². The Bertz CT molecular complexity index is 743. The highest BCUT2D eigenvalue weighted by atomic mass is 19.3. The van der Waals surface area contributed by atoms with Crippen molar-refractivity contribution in [2.75, 3.05) is 6.54 Å². The first kappa shape index (κ1) is 14.4. The molecule has 1 aromatic carbocycles. The van der Waals surface area contributed by atoms with Crippen LogP contribution in [0.3, 0.4) is 0 Å². The third-order valence-electron chi connectivity index (χ3n) is 3.86. The Balaban J connectivity index is 1.65. The molecule has 0 bridgehead atoms. The van der Waals surface area contributed by atoms with Crippen LogP contribution in [0.4, 0.5) is 8.78 Å². The average Bonchev–Trinajstić information content (AvgIpc) is 3.06. The van der Waals surface area contributed by atoms with Gasteiger partial charge in [-0.2, -0.15) is 0 Å². The molecule has 0 spiro atoms. The van der Waals surface area contributed by atoms with Crippen molar-refractivity contribution in [1.29, 1.82) is 0 Å². The maximum Gasteiger partial charge on any atom is 0.267 e. The van der Waals surface area contributed by atoms with E-state index in [-0.39, 0.29) is 12.2 Å². The van der Waals surface area contributed by atoms with Gasteiger partial charge in [0.15, 0.2) is 0 Å². The predicted molar refractivity (Wildman–Crippen MR) is 77.0 cm³/mol. The highest BCUT2D eigenvalue weighted by Crippen LogP contribution is 2.61. The zero-order valence-electron chi connectivity index (χ0n) is 11.6. The van der Waals surface area contributed by atoms with Crippen molar-refractivity contribution in [2.45, 2.75) is 11.8 Å². The molecule has 6 heteroatoms. The lowest BCUT2D eigenvalue weighted by molar-refractivity contribution is 0.0871. The highest BCUT2D eigenvalue weighted by Gasteiger charge is 2.68. The molecule has 1 heterocycles. The largest absolute Gasteiger partial charge is 0.350 e. The fourth-order valence-electron chi connectivity index (χ4n) is 2.64. The first-order chi connectivity index (χ1) is 10.5. The number of benzene rings is 1. The normalized spacial score (nSPS) is 22.1. The highest BCUT2D eigenvalue weighted by molar-refractivity contribution is 5.92. The van der Waals surface area contributed by atoms with E-state index in [4.69, 9.17) is 0 Å². The number of carbonyl (C=O) groups is 1. The molecule has 114 valence electrons. The Kier molecular flexibility index (Phi) is 3.52. The van der Waals surface area contributed by atoms with Gasteiger partial charge in [0, 0.05) is 12.6 Å². The van der Waals surface area contributed by atoms with Gasteiger partial charge in [0.25, 0.3) is 11.8 Å². The van der Waals surface area contributed by atoms with Crippen LogP contribution in [0.5, 0.6) is 0 Å². The summed E-state index contributed by atoms with van der Waals surface area (Å²) in [6, 6.07) is 12.7. The van der Waals surface area contributed by atoms with Crippen LogP contribution in [0, 0.1) is 5.92 Å². The molecule has 0 unspecified atom stereocenters. The topological polar surface area (TPSA) is 62.0 Å². The van der Waals surface area contributed by atoms with Gasteiger partial charge in [-0.25, -0.2) is 8.78 Å². The zero-order chi connectivity index (χ0) is 15.7. The van der Waals surface area contributed by atoms with Gasteiger partial charge in [-0.05, 0) is 11.6 Å². The molecule has 2 N–H and O–H groups in total. The number of amides is 1. The van der Waals surface area contributed by atoms with Crippen LogP contribution in [-0.4, -0.2) is 23.4 Å². The monoisotopic (exact) mass is 304 g/mol. The second kappa shape index (κ2) is 5.36. The number of H-pyrrole nitrogens is 1. The molecule has 1 saturated carbocycles. The third kappa shape index (κ3) is 2.64. The second-order valence-electron chi connectivity index (χ2n) is 5.31. The fourth-order valence-corrected chi connectivity index (χ4v) is 2.64. The molecular formula is C16H14F2N2O2. The summed E-state index contributed by atoms with van der Waals surface area (Å²) in [4.78, 5) is 25.3. The van der Waals surface area contributed by atoms with Crippen LogP contribution in [-0.2, 0) is 0 Å². The number of aromatic nitrogens is 1. The predicted octanol–water partition coefficient (Wildman–Crippen LogP) is 2.15. The molecule has 0 radical (unpaired) electrons. The number of halogens is 2. The number of alkyl halides is 2. The van der Waals surface area contributed by atoms with Crippen LogP contribution < -0.4 is 10.9 Å². The molecule has 0 saturated heterocycles. The average molecular weight is 304 g/mol. The van der Waals surface area contributed by atoms with Gasteiger partial charge in [0.1, 0.15) is 5.69 Å². The van der Waals surface area contributed by atoms with E-state index in [1.807, 2.05) is 0 Å². The molecule has 3 rings (SSSR count). The van der Waals surface area contributed by atoms with E-state index >= 15 is 0 Å². The molecule has 1 fully saturated rings. The molecule has 1 aromatic heterocycles. The van der Waals surface area contributed by atoms with E-state index in [1.165, 1.54) is 18.2 Å². The molecule has 4 nitrogen and oxygen atoms in total. The Labute approximate surface area is 125 Å². The van der Waals surface area contributed by atoms with E-state index in [2.05, 4.69) is 10.3 Å². The van der Waals surface area contributed by atoms with Crippen molar-refractivity contribution < 1.29 is 13.6 Å². The molecule has 1 amide bonds. The molecular weight excluding hydrogens is 290 g/mol. The zero-order valence-corrected chi connectivity index (χ0v) is 11.6. The summed E-state index contributed by atoms with van der Waals surface area (Å²) in [6.45, 7) is -0.137. The summed E-state index contributed by atoms with van der Waals surface area (Å²) in [5.74, 6) is -5.18. The number of nitrogens with one attached hydrogen (secondary N) is 2. The SMILES string of the molecule is O=C(NC[C@H]1[C@H](c2ccccc2)C1(F)F)c1cccc(=O)[nH]1. The van der Waals surface area contributed by atoms with Gasteiger partial charge in [-0.1, -0.05) is 36.4 Å². The smallest absolute Gasteiger partial charge is 0.267 e. The number of hydrogen-bond acceptors (Lipinski definition) is 2. The lowest BCUT2D eigenvalue weighted by atomic mass is 10.1. The minimum Gasteiger partial charge on any atom is -0.350 e. The van der Waals surface area contributed by atoms with Crippen molar-refractivity contribution in [3.63, 3.8) is 0 Å². The number of carbonyl (C=O) groups excluding carboxylic acids is 1. The number of hydrogen-bond donors (Lipinski definition) is 2. The first-order valence-electron chi connectivity index (χ1n) is 6.90. The van der Waals surface area contributed by atoms with Crippen LogP contribution in [0.25, 0.3) is 0 Å². The maximum absolute atomic E-state index is 13.9. The lowest BCUT2D eigenvalue weighted by Gasteiger charge is -2.04. The molecule has 1 aliphatic rings. The van der Waals surface area contributed by atoms with Gasteiger partial charge < -0.3 is 10.3 Å². The number of rotatable bonds is 4. The van der Waals surface area contributed by atoms with Crippen LogP contribution in [0.1, 0.15) is 22.0 Å². The first-order valence-corrected chi connectivity index (χ1v) is 6.90. The Morgan fingerprint density at radius 3 is 2.55 bits per heavy atom. The molecule has 22 heavy (non-hydrogen) atoms. The Morgan fingerprint density at radius 1 is 1.14 bits per heavy atom. The molecule has 2 aromatic rings. The lowest BCUT2D eigenvalue weighted by Crippen LogP contribution is -2.29. The standard InChI is InChI=1S/C16H14F2N2O2/c17-16(18)11(14(16)10-5-2-1-3-6-10)9-19-15(22)12-7-4-8-13(21)20-12/h1-8,11,14H,9H2,(H,19,22)(H,20,21)/t11-,14-/m0/s1. The summed E-state index contributed by atoms with van der Waals surface area (Å²) in [7, 11) is 0. The van der Waals surface area contributed by atoms with Gasteiger partial charge in [-0.3, -0.25) is 9.59 Å². The quantitative estimate of drug-likeness (QED) is 0.909. The van der Waals surface area contributed by atoms with Crippen molar-refractivity contribution >= 4 is 5.91 Å². The van der Waals surface area contributed by atoms with Crippen LogP contribution in [0.15, 0.2) is 53.3 Å². The minimum absolute atomic E-state index is 0.0627. The minimum atomic E-state index is -2.82. The number of pyridine rings is 1. The van der Waals surface area contributed by atoms with E-state index in [0.717, 1.165) is 0 Å². The number of aromatic amines is 1. The maximum atomic E-state index is 13.9. The third-order valence-corrected chi connectivity index (χ3v) is 3.86. The van der Waals surface area contributed by atoms with Gasteiger partial charge >= 0.3 is 0 Å². The van der Waals surface area contributed by atoms with Gasteiger partial charge in [0.05, 0.1) is 11.8 Å². The van der Waals surface area contributed by atoms with E-state index in [0.29, 0.717) is 5.56 Å². The van der Waals surface area contributed by atoms with Crippen molar-refractivity contribution in [1.82, 2.24) is 10.3 Å². The Hall–Kier alpha value is -2.50. The summed E-state index contributed by atoms with van der Waals surface area (Å²) < 4.78 is 27.7. The van der Waals surface area contributed by atoms with Crippen LogP contribution in [0.2, 0.25) is 0 Å². The van der Waals surface area contributed by atoms with Crippen molar-refractivity contribution in [3.05, 3.63) is 70.1 Å².